The second kappa shape index (κ2) is 6.95. The summed E-state index contributed by atoms with van der Waals surface area (Å²) in [7, 11) is 0. The topological polar surface area (TPSA) is 42.2 Å². The van der Waals surface area contributed by atoms with Crippen molar-refractivity contribution in [2.75, 3.05) is 13.1 Å². The van der Waals surface area contributed by atoms with Gasteiger partial charge in [-0.2, -0.15) is 11.3 Å². The van der Waals surface area contributed by atoms with Crippen molar-refractivity contribution in [3.63, 3.8) is 0 Å². The molecular formula is C20H19N3OS2. The van der Waals surface area contributed by atoms with E-state index in [1.54, 1.807) is 22.7 Å². The van der Waals surface area contributed by atoms with Crippen molar-refractivity contribution >= 4 is 33.8 Å². The maximum Gasteiger partial charge on any atom is 0.198 e. The van der Waals surface area contributed by atoms with Gasteiger partial charge in [-0.15, -0.1) is 11.3 Å². The van der Waals surface area contributed by atoms with Crippen LogP contribution in [0.3, 0.4) is 0 Å². The number of para-hydroxylation sites is 2. The number of rotatable bonds is 4. The summed E-state index contributed by atoms with van der Waals surface area (Å²) in [4.78, 5) is 12.0. The summed E-state index contributed by atoms with van der Waals surface area (Å²) in [6.07, 6.45) is 2.18. The minimum Gasteiger partial charge on any atom is -0.440 e. The first-order valence-electron chi connectivity index (χ1n) is 8.90. The van der Waals surface area contributed by atoms with E-state index >= 15 is 0 Å². The molecular weight excluding hydrogens is 362 g/mol. The summed E-state index contributed by atoms with van der Waals surface area (Å²) in [5, 5.41) is 7.59. The Labute approximate surface area is 160 Å². The fourth-order valence-corrected chi connectivity index (χ4v) is 5.05. The molecule has 0 saturated carbocycles. The standard InChI is InChI=1S/C20H19N3OS2/c1-2-4-18-17(3-1)22-19(24-18)14-5-8-23(9-6-14)11-16-13-26-20(21-16)15-7-10-25-12-15/h1-4,7,10,12-14H,5-6,8-9,11H2. The van der Waals surface area contributed by atoms with Gasteiger partial charge in [0, 0.05) is 28.8 Å². The third-order valence-electron chi connectivity index (χ3n) is 4.95. The zero-order chi connectivity index (χ0) is 17.3. The number of nitrogens with zero attached hydrogens (tertiary/aromatic N) is 3. The molecule has 0 N–H and O–H groups in total. The van der Waals surface area contributed by atoms with Crippen molar-refractivity contribution < 1.29 is 4.42 Å². The molecule has 1 aliphatic heterocycles. The highest BCUT2D eigenvalue weighted by molar-refractivity contribution is 7.14. The number of aromatic nitrogens is 2. The number of thiazole rings is 1. The first-order valence-corrected chi connectivity index (χ1v) is 10.7. The number of oxazole rings is 1. The van der Waals surface area contributed by atoms with Crippen molar-refractivity contribution in [2.45, 2.75) is 25.3 Å². The lowest BCUT2D eigenvalue weighted by atomic mass is 9.97. The smallest absolute Gasteiger partial charge is 0.198 e. The van der Waals surface area contributed by atoms with Crippen LogP contribution in [0.1, 0.15) is 30.3 Å². The maximum absolute atomic E-state index is 5.97. The average molecular weight is 382 g/mol. The molecule has 0 unspecified atom stereocenters. The number of likely N-dealkylation sites (tertiary alicyclic amines) is 1. The molecule has 4 aromatic rings. The normalized spacial score (nSPS) is 16.5. The van der Waals surface area contributed by atoms with Gasteiger partial charge in [0.25, 0.3) is 0 Å². The van der Waals surface area contributed by atoms with Crippen LogP contribution in [0.2, 0.25) is 0 Å². The van der Waals surface area contributed by atoms with Crippen LogP contribution in [0, 0.1) is 0 Å². The maximum atomic E-state index is 5.97. The molecule has 0 radical (unpaired) electrons. The van der Waals surface area contributed by atoms with Crippen molar-refractivity contribution in [1.82, 2.24) is 14.9 Å². The summed E-state index contributed by atoms with van der Waals surface area (Å²) in [6, 6.07) is 10.2. The van der Waals surface area contributed by atoms with E-state index in [0.29, 0.717) is 5.92 Å². The van der Waals surface area contributed by atoms with Crippen LogP contribution in [-0.4, -0.2) is 28.0 Å². The molecule has 1 aromatic carbocycles. The Morgan fingerprint density at radius 3 is 2.77 bits per heavy atom. The van der Waals surface area contributed by atoms with Gasteiger partial charge in [-0.3, -0.25) is 4.90 Å². The number of fused-ring (bicyclic) bond motifs is 1. The highest BCUT2D eigenvalue weighted by Gasteiger charge is 2.25. The van der Waals surface area contributed by atoms with Gasteiger partial charge < -0.3 is 4.42 Å². The Morgan fingerprint density at radius 2 is 1.96 bits per heavy atom. The lowest BCUT2D eigenvalue weighted by Gasteiger charge is -2.29. The Kier molecular flexibility index (Phi) is 4.32. The Balaban J connectivity index is 1.22. The van der Waals surface area contributed by atoms with Crippen LogP contribution in [0.25, 0.3) is 21.7 Å². The van der Waals surface area contributed by atoms with Gasteiger partial charge in [-0.1, -0.05) is 12.1 Å². The van der Waals surface area contributed by atoms with E-state index in [2.05, 4.69) is 32.1 Å². The highest BCUT2D eigenvalue weighted by atomic mass is 32.1. The summed E-state index contributed by atoms with van der Waals surface area (Å²) in [5.41, 5.74) is 4.28. The van der Waals surface area contributed by atoms with E-state index in [9.17, 15) is 0 Å². The predicted octanol–water partition coefficient (Wildman–Crippen LogP) is 5.39. The molecule has 3 aromatic heterocycles. The lowest BCUT2D eigenvalue weighted by Crippen LogP contribution is -2.32. The van der Waals surface area contributed by atoms with Crippen molar-refractivity contribution in [2.24, 2.45) is 0 Å². The van der Waals surface area contributed by atoms with E-state index in [4.69, 9.17) is 9.40 Å². The third-order valence-corrected chi connectivity index (χ3v) is 6.58. The van der Waals surface area contributed by atoms with Crippen LogP contribution >= 0.6 is 22.7 Å². The molecule has 1 fully saturated rings. The quantitative estimate of drug-likeness (QED) is 0.475. The molecule has 132 valence electrons. The SMILES string of the molecule is c1ccc2oc(C3CCN(Cc4csc(-c5ccsc5)n4)CC3)nc2c1. The zero-order valence-corrected chi connectivity index (χ0v) is 15.9. The van der Waals surface area contributed by atoms with Gasteiger partial charge in [-0.05, 0) is 49.5 Å². The fourth-order valence-electron chi connectivity index (χ4n) is 3.53. The van der Waals surface area contributed by atoms with Gasteiger partial charge in [0.05, 0.1) is 5.69 Å². The summed E-state index contributed by atoms with van der Waals surface area (Å²) in [6.45, 7) is 3.06. The second-order valence-corrected chi connectivity index (χ2v) is 8.36. The van der Waals surface area contributed by atoms with Crippen molar-refractivity contribution in [3.05, 3.63) is 58.1 Å². The summed E-state index contributed by atoms with van der Waals surface area (Å²) < 4.78 is 5.97. The van der Waals surface area contributed by atoms with Crippen LogP contribution in [-0.2, 0) is 6.54 Å². The zero-order valence-electron chi connectivity index (χ0n) is 14.3. The summed E-state index contributed by atoms with van der Waals surface area (Å²) >= 11 is 3.46. The monoisotopic (exact) mass is 381 g/mol. The van der Waals surface area contributed by atoms with E-state index in [0.717, 1.165) is 54.5 Å². The van der Waals surface area contributed by atoms with Crippen molar-refractivity contribution in [3.8, 4) is 10.6 Å². The third kappa shape index (κ3) is 3.20. The van der Waals surface area contributed by atoms with Gasteiger partial charge in [-0.25, -0.2) is 9.97 Å². The van der Waals surface area contributed by atoms with Gasteiger partial charge in [0.1, 0.15) is 10.5 Å². The molecule has 1 aliphatic rings. The molecule has 5 rings (SSSR count). The summed E-state index contributed by atoms with van der Waals surface area (Å²) in [5.74, 6) is 1.33. The Morgan fingerprint density at radius 1 is 1.08 bits per heavy atom. The minimum atomic E-state index is 0.426. The Hall–Kier alpha value is -2.02. The van der Waals surface area contributed by atoms with Crippen LogP contribution in [0.5, 0.6) is 0 Å². The molecule has 26 heavy (non-hydrogen) atoms. The molecule has 0 spiro atoms. The van der Waals surface area contributed by atoms with Crippen LogP contribution in [0.15, 0.2) is 50.9 Å². The molecule has 0 atom stereocenters. The van der Waals surface area contributed by atoms with Gasteiger partial charge in [0.2, 0.25) is 0 Å². The van der Waals surface area contributed by atoms with Crippen LogP contribution < -0.4 is 0 Å². The lowest BCUT2D eigenvalue weighted by molar-refractivity contribution is 0.192. The first-order chi connectivity index (χ1) is 12.8. The number of hydrogen-bond acceptors (Lipinski definition) is 6. The van der Waals surface area contributed by atoms with Crippen LogP contribution in [0.4, 0.5) is 0 Å². The number of benzene rings is 1. The van der Waals surface area contributed by atoms with Gasteiger partial charge in [0.15, 0.2) is 11.5 Å². The largest absolute Gasteiger partial charge is 0.440 e. The fraction of sp³-hybridized carbons (Fsp3) is 0.300. The predicted molar refractivity (Wildman–Crippen MR) is 107 cm³/mol. The number of hydrogen-bond donors (Lipinski definition) is 0. The molecule has 4 heterocycles. The van der Waals surface area contributed by atoms with E-state index < -0.39 is 0 Å². The highest BCUT2D eigenvalue weighted by Crippen LogP contribution is 2.31. The molecule has 0 aliphatic carbocycles. The first kappa shape index (κ1) is 16.2. The molecule has 1 saturated heterocycles. The number of piperidine rings is 1. The second-order valence-electron chi connectivity index (χ2n) is 6.73. The van der Waals surface area contributed by atoms with E-state index in [1.165, 1.54) is 11.3 Å². The minimum absolute atomic E-state index is 0.426. The molecule has 0 bridgehead atoms. The van der Waals surface area contributed by atoms with E-state index in [1.807, 2.05) is 24.3 Å². The molecule has 6 heteroatoms. The Bertz CT molecular complexity index is 964. The molecule has 4 nitrogen and oxygen atoms in total. The molecule has 0 amide bonds. The number of thiophene rings is 1. The van der Waals surface area contributed by atoms with E-state index in [-0.39, 0.29) is 0 Å². The van der Waals surface area contributed by atoms with Gasteiger partial charge >= 0.3 is 0 Å². The van der Waals surface area contributed by atoms with Crippen molar-refractivity contribution in [1.29, 1.82) is 0 Å². The average Bonchev–Trinajstić information content (AvgIpc) is 3.42.